The lowest BCUT2D eigenvalue weighted by Crippen LogP contribution is -2.53. The van der Waals surface area contributed by atoms with Gasteiger partial charge in [-0.1, -0.05) is 6.92 Å². The molecule has 0 radical (unpaired) electrons. The van der Waals surface area contributed by atoms with Gasteiger partial charge >= 0.3 is 6.18 Å². The molecule has 2 heterocycles. The summed E-state index contributed by atoms with van der Waals surface area (Å²) in [5, 5.41) is 6.21. The van der Waals surface area contributed by atoms with E-state index in [1.807, 2.05) is 13.8 Å². The summed E-state index contributed by atoms with van der Waals surface area (Å²) < 4.78 is 39.1. The Morgan fingerprint density at radius 2 is 2.08 bits per heavy atom. The van der Waals surface area contributed by atoms with Gasteiger partial charge in [-0.2, -0.15) is 18.3 Å². The Morgan fingerprint density at radius 1 is 1.42 bits per heavy atom. The molecular weight excluding hydrogens is 321 g/mol. The number of hydrogen-bond donors (Lipinski definition) is 1. The molecule has 1 saturated heterocycles. The molecule has 1 N–H and O–H groups in total. The van der Waals surface area contributed by atoms with E-state index in [0.717, 1.165) is 30.3 Å². The molecule has 1 aromatic rings. The van der Waals surface area contributed by atoms with Crippen LogP contribution in [0.15, 0.2) is 6.07 Å². The standard InChI is InChI=1S/C16H25F3N4O/c1-11-6-5-7-23(9-11)10-15(2,3)20-14(24)12-8-13(16(17,18)19)21-22(12)4/h8,11H,5-7,9-10H2,1-4H3,(H,20,24). The SMILES string of the molecule is CC1CCCN(CC(C)(C)NC(=O)c2cc(C(F)(F)F)nn2C)C1. The summed E-state index contributed by atoms with van der Waals surface area (Å²) in [4.78, 5) is 14.7. The van der Waals surface area contributed by atoms with Gasteiger partial charge < -0.3 is 10.2 Å². The summed E-state index contributed by atoms with van der Waals surface area (Å²) in [6.45, 7) is 8.58. The highest BCUT2D eigenvalue weighted by molar-refractivity contribution is 5.93. The number of aryl methyl sites for hydroxylation is 1. The highest BCUT2D eigenvalue weighted by Crippen LogP contribution is 2.28. The van der Waals surface area contributed by atoms with Crippen molar-refractivity contribution in [3.05, 3.63) is 17.5 Å². The zero-order valence-corrected chi connectivity index (χ0v) is 14.6. The number of alkyl halides is 3. The van der Waals surface area contributed by atoms with Crippen molar-refractivity contribution in [1.82, 2.24) is 20.0 Å². The van der Waals surface area contributed by atoms with E-state index in [9.17, 15) is 18.0 Å². The Morgan fingerprint density at radius 3 is 2.62 bits per heavy atom. The molecule has 5 nitrogen and oxygen atoms in total. The summed E-state index contributed by atoms with van der Waals surface area (Å²) in [6.07, 6.45) is -2.23. The van der Waals surface area contributed by atoms with Gasteiger partial charge in [-0.25, -0.2) is 0 Å². The van der Waals surface area contributed by atoms with Crippen LogP contribution in [0, 0.1) is 5.92 Å². The van der Waals surface area contributed by atoms with E-state index >= 15 is 0 Å². The van der Waals surface area contributed by atoms with Crippen molar-refractivity contribution in [1.29, 1.82) is 0 Å². The molecule has 0 saturated carbocycles. The van der Waals surface area contributed by atoms with E-state index < -0.39 is 23.3 Å². The van der Waals surface area contributed by atoms with Gasteiger partial charge in [-0.05, 0) is 39.2 Å². The molecule has 0 spiro atoms. The molecule has 1 aliphatic rings. The van der Waals surface area contributed by atoms with Crippen LogP contribution in [0.25, 0.3) is 0 Å². The van der Waals surface area contributed by atoms with E-state index in [4.69, 9.17) is 0 Å². The number of halogens is 3. The average molecular weight is 346 g/mol. The largest absolute Gasteiger partial charge is 0.435 e. The van der Waals surface area contributed by atoms with E-state index in [1.54, 1.807) is 0 Å². The third kappa shape index (κ3) is 4.72. The van der Waals surface area contributed by atoms with Gasteiger partial charge in [0.2, 0.25) is 0 Å². The summed E-state index contributed by atoms with van der Waals surface area (Å²) in [5.74, 6) is 0.0761. The first-order chi connectivity index (χ1) is 11.0. The Hall–Kier alpha value is -1.57. The van der Waals surface area contributed by atoms with Crippen LogP contribution in [0.3, 0.4) is 0 Å². The van der Waals surface area contributed by atoms with E-state index in [0.29, 0.717) is 12.5 Å². The van der Waals surface area contributed by atoms with Gasteiger partial charge in [0.1, 0.15) is 5.69 Å². The lowest BCUT2D eigenvalue weighted by atomic mass is 9.97. The molecule has 2 rings (SSSR count). The summed E-state index contributed by atoms with van der Waals surface area (Å²) >= 11 is 0. The van der Waals surface area contributed by atoms with Crippen LogP contribution < -0.4 is 5.32 Å². The van der Waals surface area contributed by atoms with Crippen LogP contribution in [0.2, 0.25) is 0 Å². The zero-order valence-electron chi connectivity index (χ0n) is 14.6. The molecule has 0 aromatic carbocycles. The van der Waals surface area contributed by atoms with Gasteiger partial charge in [0, 0.05) is 31.7 Å². The van der Waals surface area contributed by atoms with E-state index in [-0.39, 0.29) is 5.69 Å². The van der Waals surface area contributed by atoms with Crippen molar-refractivity contribution < 1.29 is 18.0 Å². The van der Waals surface area contributed by atoms with Crippen LogP contribution in [0.4, 0.5) is 13.2 Å². The second-order valence-corrected chi connectivity index (χ2v) is 7.36. The first-order valence-electron chi connectivity index (χ1n) is 8.14. The van der Waals surface area contributed by atoms with Crippen molar-refractivity contribution in [2.24, 2.45) is 13.0 Å². The predicted octanol–water partition coefficient (Wildman–Crippen LogP) is 2.68. The van der Waals surface area contributed by atoms with E-state index in [2.05, 4.69) is 22.2 Å². The summed E-state index contributed by atoms with van der Waals surface area (Å²) in [5.41, 5.74) is -1.70. The normalized spacial score (nSPS) is 20.2. The third-order valence-corrected chi connectivity index (χ3v) is 4.21. The van der Waals surface area contributed by atoms with Gasteiger partial charge in [0.05, 0.1) is 0 Å². The predicted molar refractivity (Wildman–Crippen MR) is 84.6 cm³/mol. The van der Waals surface area contributed by atoms with Crippen LogP contribution in [0.1, 0.15) is 49.8 Å². The molecular formula is C16H25F3N4O. The van der Waals surface area contributed by atoms with Crippen molar-refractivity contribution in [3.8, 4) is 0 Å². The Balaban J connectivity index is 2.03. The fourth-order valence-electron chi connectivity index (χ4n) is 3.22. The van der Waals surface area contributed by atoms with Crippen molar-refractivity contribution in [2.45, 2.75) is 45.3 Å². The van der Waals surface area contributed by atoms with Crippen LogP contribution in [0.5, 0.6) is 0 Å². The lowest BCUT2D eigenvalue weighted by Gasteiger charge is -2.37. The minimum Gasteiger partial charge on any atom is -0.345 e. The fraction of sp³-hybridized carbons (Fsp3) is 0.750. The molecule has 1 unspecified atom stereocenters. The lowest BCUT2D eigenvalue weighted by molar-refractivity contribution is -0.141. The molecule has 0 aliphatic carbocycles. The minimum atomic E-state index is -4.56. The number of piperidine rings is 1. The molecule has 136 valence electrons. The second kappa shape index (κ2) is 6.74. The first-order valence-corrected chi connectivity index (χ1v) is 8.14. The molecule has 1 fully saturated rings. The number of nitrogens with one attached hydrogen (secondary N) is 1. The highest BCUT2D eigenvalue weighted by Gasteiger charge is 2.36. The quantitative estimate of drug-likeness (QED) is 0.912. The number of rotatable bonds is 4. The Bertz CT molecular complexity index is 595. The van der Waals surface area contributed by atoms with E-state index in [1.165, 1.54) is 13.5 Å². The molecule has 1 amide bonds. The van der Waals surface area contributed by atoms with Crippen molar-refractivity contribution in [2.75, 3.05) is 19.6 Å². The van der Waals surface area contributed by atoms with Gasteiger partial charge in [-0.3, -0.25) is 9.48 Å². The number of nitrogens with zero attached hydrogens (tertiary/aromatic N) is 3. The molecule has 0 bridgehead atoms. The third-order valence-electron chi connectivity index (χ3n) is 4.21. The fourth-order valence-corrected chi connectivity index (χ4v) is 3.22. The smallest absolute Gasteiger partial charge is 0.345 e. The molecule has 1 aliphatic heterocycles. The maximum absolute atomic E-state index is 12.7. The van der Waals surface area contributed by atoms with Gasteiger partial charge in [-0.15, -0.1) is 0 Å². The molecule has 1 aromatic heterocycles. The topological polar surface area (TPSA) is 50.2 Å². The van der Waals surface area contributed by atoms with Crippen LogP contribution in [-0.2, 0) is 13.2 Å². The number of amides is 1. The maximum atomic E-state index is 12.7. The second-order valence-electron chi connectivity index (χ2n) is 7.36. The Labute approximate surface area is 140 Å². The Kier molecular flexibility index (Phi) is 5.27. The molecule has 8 heteroatoms. The molecule has 24 heavy (non-hydrogen) atoms. The number of likely N-dealkylation sites (tertiary alicyclic amines) is 1. The van der Waals surface area contributed by atoms with Crippen molar-refractivity contribution in [3.63, 3.8) is 0 Å². The first kappa shape index (κ1) is 18.8. The average Bonchev–Trinajstić information content (AvgIpc) is 2.79. The van der Waals surface area contributed by atoms with Gasteiger partial charge in [0.25, 0.3) is 5.91 Å². The van der Waals surface area contributed by atoms with Crippen LogP contribution >= 0.6 is 0 Å². The molecule has 1 atom stereocenters. The maximum Gasteiger partial charge on any atom is 0.435 e. The van der Waals surface area contributed by atoms with Crippen molar-refractivity contribution >= 4 is 5.91 Å². The monoisotopic (exact) mass is 346 g/mol. The summed E-state index contributed by atoms with van der Waals surface area (Å²) in [6, 6.07) is 0.786. The zero-order chi connectivity index (χ0) is 18.1. The summed E-state index contributed by atoms with van der Waals surface area (Å²) in [7, 11) is 1.34. The minimum absolute atomic E-state index is 0.0950. The highest BCUT2D eigenvalue weighted by atomic mass is 19.4. The number of carbonyl (C=O) groups excluding carboxylic acids is 1. The number of aromatic nitrogens is 2. The van der Waals surface area contributed by atoms with Crippen LogP contribution in [-0.4, -0.2) is 45.8 Å². The van der Waals surface area contributed by atoms with Gasteiger partial charge in [0.15, 0.2) is 5.69 Å². The number of carbonyl (C=O) groups is 1. The number of hydrogen-bond acceptors (Lipinski definition) is 3.